The van der Waals surface area contributed by atoms with Crippen molar-refractivity contribution < 1.29 is 9.18 Å². The Hall–Kier alpha value is -1.38. The average Bonchev–Trinajstić information content (AvgIpc) is 3.00. The summed E-state index contributed by atoms with van der Waals surface area (Å²) in [6.07, 6.45) is 1.98. The maximum absolute atomic E-state index is 12.8. The molecule has 2 nitrogen and oxygen atoms in total. The third-order valence-corrected chi connectivity index (χ3v) is 2.95. The standard InChI is InChI=1S/C13H16FNO/c1-13(2,15-12(16)9-3-4-9)10-5-7-11(14)8-6-10/h5-9H,3-4H2,1-2H3,(H,15,16). The number of halogens is 1. The molecule has 1 aliphatic carbocycles. The molecule has 0 heterocycles. The Bertz CT molecular complexity index is 393. The zero-order chi connectivity index (χ0) is 11.8. The van der Waals surface area contributed by atoms with Crippen LogP contribution >= 0.6 is 0 Å². The number of carbonyl (C=O) groups is 1. The van der Waals surface area contributed by atoms with Crippen LogP contribution in [0.2, 0.25) is 0 Å². The number of amides is 1. The second-order valence-electron chi connectivity index (χ2n) is 4.90. The molecular weight excluding hydrogens is 205 g/mol. The Labute approximate surface area is 94.9 Å². The largest absolute Gasteiger partial charge is 0.347 e. The highest BCUT2D eigenvalue weighted by Crippen LogP contribution is 2.31. The van der Waals surface area contributed by atoms with Crippen molar-refractivity contribution in [2.45, 2.75) is 32.2 Å². The van der Waals surface area contributed by atoms with E-state index in [-0.39, 0.29) is 17.6 Å². The minimum Gasteiger partial charge on any atom is -0.347 e. The number of benzene rings is 1. The molecule has 1 fully saturated rings. The van der Waals surface area contributed by atoms with Crippen molar-refractivity contribution in [2.24, 2.45) is 5.92 Å². The summed E-state index contributed by atoms with van der Waals surface area (Å²) >= 11 is 0. The van der Waals surface area contributed by atoms with E-state index in [1.165, 1.54) is 12.1 Å². The van der Waals surface area contributed by atoms with Crippen molar-refractivity contribution >= 4 is 5.91 Å². The minimum absolute atomic E-state index is 0.106. The predicted molar refractivity (Wildman–Crippen MR) is 60.3 cm³/mol. The second-order valence-corrected chi connectivity index (χ2v) is 4.90. The Morgan fingerprint density at radius 3 is 2.38 bits per heavy atom. The first kappa shape index (κ1) is 11.1. The van der Waals surface area contributed by atoms with Gasteiger partial charge in [-0.1, -0.05) is 12.1 Å². The van der Waals surface area contributed by atoms with Gasteiger partial charge in [-0.25, -0.2) is 4.39 Å². The minimum atomic E-state index is -0.437. The quantitative estimate of drug-likeness (QED) is 0.835. The third kappa shape index (κ3) is 2.40. The van der Waals surface area contributed by atoms with Crippen LogP contribution in [0.5, 0.6) is 0 Å². The van der Waals surface area contributed by atoms with E-state index in [9.17, 15) is 9.18 Å². The number of hydrogen-bond acceptors (Lipinski definition) is 1. The molecule has 0 radical (unpaired) electrons. The summed E-state index contributed by atoms with van der Waals surface area (Å²) in [7, 11) is 0. The molecule has 1 aliphatic rings. The molecule has 16 heavy (non-hydrogen) atoms. The lowest BCUT2D eigenvalue weighted by atomic mass is 9.94. The van der Waals surface area contributed by atoms with Crippen LogP contribution in [0, 0.1) is 11.7 Å². The molecule has 0 spiro atoms. The smallest absolute Gasteiger partial charge is 0.223 e. The van der Waals surface area contributed by atoms with Gasteiger partial charge in [-0.2, -0.15) is 0 Å². The molecular formula is C13H16FNO. The summed E-state index contributed by atoms with van der Waals surface area (Å²) in [6, 6.07) is 6.26. The lowest BCUT2D eigenvalue weighted by Crippen LogP contribution is -2.41. The fourth-order valence-corrected chi connectivity index (χ4v) is 1.69. The van der Waals surface area contributed by atoms with Gasteiger partial charge in [0.05, 0.1) is 5.54 Å². The number of rotatable bonds is 3. The monoisotopic (exact) mass is 221 g/mol. The average molecular weight is 221 g/mol. The maximum atomic E-state index is 12.8. The lowest BCUT2D eigenvalue weighted by molar-refractivity contribution is -0.124. The maximum Gasteiger partial charge on any atom is 0.223 e. The van der Waals surface area contributed by atoms with E-state index in [1.807, 2.05) is 13.8 Å². The van der Waals surface area contributed by atoms with E-state index < -0.39 is 5.54 Å². The van der Waals surface area contributed by atoms with Crippen molar-refractivity contribution in [1.82, 2.24) is 5.32 Å². The van der Waals surface area contributed by atoms with Crippen LogP contribution < -0.4 is 5.32 Å². The van der Waals surface area contributed by atoms with Crippen molar-refractivity contribution in [3.05, 3.63) is 35.6 Å². The summed E-state index contributed by atoms with van der Waals surface area (Å²) in [5.74, 6) is 0.0436. The number of nitrogens with one attached hydrogen (secondary N) is 1. The van der Waals surface area contributed by atoms with Gasteiger partial charge in [0, 0.05) is 5.92 Å². The fourth-order valence-electron chi connectivity index (χ4n) is 1.69. The summed E-state index contributed by atoms with van der Waals surface area (Å²) in [5, 5.41) is 2.99. The molecule has 1 aromatic carbocycles. The van der Waals surface area contributed by atoms with E-state index in [4.69, 9.17) is 0 Å². The third-order valence-electron chi connectivity index (χ3n) is 2.95. The van der Waals surface area contributed by atoms with Crippen LogP contribution in [0.3, 0.4) is 0 Å². The first-order valence-corrected chi connectivity index (χ1v) is 5.57. The van der Waals surface area contributed by atoms with E-state index in [2.05, 4.69) is 5.32 Å². The number of hydrogen-bond donors (Lipinski definition) is 1. The zero-order valence-electron chi connectivity index (χ0n) is 9.59. The Morgan fingerprint density at radius 2 is 1.88 bits per heavy atom. The van der Waals surface area contributed by atoms with Crippen LogP contribution in [0.4, 0.5) is 4.39 Å². The molecule has 1 aromatic rings. The van der Waals surface area contributed by atoms with Crippen molar-refractivity contribution in [3.63, 3.8) is 0 Å². The first-order valence-electron chi connectivity index (χ1n) is 5.57. The normalized spacial score (nSPS) is 15.9. The zero-order valence-corrected chi connectivity index (χ0v) is 9.59. The van der Waals surface area contributed by atoms with Gasteiger partial charge in [0.2, 0.25) is 5.91 Å². The van der Waals surface area contributed by atoms with Crippen molar-refractivity contribution in [2.75, 3.05) is 0 Å². The Morgan fingerprint density at radius 1 is 1.31 bits per heavy atom. The molecule has 0 aliphatic heterocycles. The molecule has 0 unspecified atom stereocenters. The van der Waals surface area contributed by atoms with E-state index in [0.717, 1.165) is 18.4 Å². The highest BCUT2D eigenvalue weighted by Gasteiger charge is 2.33. The van der Waals surface area contributed by atoms with Gasteiger partial charge in [-0.05, 0) is 44.4 Å². The number of carbonyl (C=O) groups excluding carboxylic acids is 1. The molecule has 1 saturated carbocycles. The van der Waals surface area contributed by atoms with Crippen LogP contribution in [0.1, 0.15) is 32.3 Å². The van der Waals surface area contributed by atoms with Gasteiger partial charge in [0.25, 0.3) is 0 Å². The molecule has 86 valence electrons. The molecule has 3 heteroatoms. The second kappa shape index (κ2) is 3.89. The molecule has 0 bridgehead atoms. The van der Waals surface area contributed by atoms with Crippen molar-refractivity contribution in [3.8, 4) is 0 Å². The van der Waals surface area contributed by atoms with Crippen LogP contribution in [-0.4, -0.2) is 5.91 Å². The van der Waals surface area contributed by atoms with Crippen LogP contribution in [0.25, 0.3) is 0 Å². The molecule has 0 aromatic heterocycles. The topological polar surface area (TPSA) is 29.1 Å². The highest BCUT2D eigenvalue weighted by atomic mass is 19.1. The Balaban J connectivity index is 2.10. The molecule has 1 amide bonds. The SMILES string of the molecule is CC(C)(NC(=O)C1CC1)c1ccc(F)cc1. The molecule has 0 saturated heterocycles. The van der Waals surface area contributed by atoms with Crippen LogP contribution in [-0.2, 0) is 10.3 Å². The van der Waals surface area contributed by atoms with Gasteiger partial charge in [0.1, 0.15) is 5.82 Å². The fraction of sp³-hybridized carbons (Fsp3) is 0.462. The van der Waals surface area contributed by atoms with E-state index in [1.54, 1.807) is 12.1 Å². The molecule has 2 rings (SSSR count). The molecule has 1 N–H and O–H groups in total. The molecule has 0 atom stereocenters. The van der Waals surface area contributed by atoms with Gasteiger partial charge in [-0.3, -0.25) is 4.79 Å². The van der Waals surface area contributed by atoms with Gasteiger partial charge < -0.3 is 5.32 Å². The van der Waals surface area contributed by atoms with E-state index >= 15 is 0 Å². The Kier molecular flexibility index (Phi) is 2.70. The summed E-state index contributed by atoms with van der Waals surface area (Å²) in [5.41, 5.74) is 0.482. The van der Waals surface area contributed by atoms with Gasteiger partial charge >= 0.3 is 0 Å². The summed E-state index contributed by atoms with van der Waals surface area (Å²) < 4.78 is 12.8. The van der Waals surface area contributed by atoms with Crippen LogP contribution in [0.15, 0.2) is 24.3 Å². The highest BCUT2D eigenvalue weighted by molar-refractivity contribution is 5.81. The van der Waals surface area contributed by atoms with Gasteiger partial charge in [-0.15, -0.1) is 0 Å². The first-order chi connectivity index (χ1) is 7.49. The van der Waals surface area contributed by atoms with E-state index in [0.29, 0.717) is 0 Å². The van der Waals surface area contributed by atoms with Gasteiger partial charge in [0.15, 0.2) is 0 Å². The summed E-state index contributed by atoms with van der Waals surface area (Å²) in [6.45, 7) is 3.86. The summed E-state index contributed by atoms with van der Waals surface area (Å²) in [4.78, 5) is 11.7. The predicted octanol–water partition coefficient (Wildman–Crippen LogP) is 2.59. The lowest BCUT2D eigenvalue weighted by Gasteiger charge is -2.27. The van der Waals surface area contributed by atoms with Crippen molar-refractivity contribution in [1.29, 1.82) is 0 Å².